The number of hydrogen-bond donors (Lipinski definition) is 1. The van der Waals surface area contributed by atoms with Gasteiger partial charge in [-0.3, -0.25) is 4.79 Å². The second-order valence-corrected chi connectivity index (χ2v) is 9.09. The summed E-state index contributed by atoms with van der Waals surface area (Å²) in [6, 6.07) is 0. The van der Waals surface area contributed by atoms with Crippen LogP contribution in [0.2, 0.25) is 0 Å². The Balaban J connectivity index is 1.66. The van der Waals surface area contributed by atoms with Gasteiger partial charge in [0, 0.05) is 12.8 Å². The molecule has 6 atom stereocenters. The summed E-state index contributed by atoms with van der Waals surface area (Å²) in [4.78, 5) is 12.1. The van der Waals surface area contributed by atoms with Gasteiger partial charge in [-0.05, 0) is 73.0 Å². The minimum atomic E-state index is 0.0879. The van der Waals surface area contributed by atoms with Crippen molar-refractivity contribution in [2.45, 2.75) is 71.6 Å². The van der Waals surface area contributed by atoms with Crippen molar-refractivity contribution in [1.29, 1.82) is 0 Å². The highest BCUT2D eigenvalue weighted by atomic mass is 16.4. The Labute approximate surface area is 133 Å². The van der Waals surface area contributed by atoms with Crippen molar-refractivity contribution in [2.75, 3.05) is 0 Å². The lowest BCUT2D eigenvalue weighted by molar-refractivity contribution is -0.125. The zero-order valence-electron chi connectivity index (χ0n) is 14.0. The van der Waals surface area contributed by atoms with E-state index in [1.165, 1.54) is 44.9 Å². The van der Waals surface area contributed by atoms with Crippen LogP contribution in [0.5, 0.6) is 0 Å². The van der Waals surface area contributed by atoms with E-state index in [9.17, 15) is 10.0 Å². The Bertz CT molecular complexity index is 528. The number of oxime groups is 1. The number of nitrogens with zero attached hydrogens (tertiary/aromatic N) is 1. The molecule has 0 amide bonds. The van der Waals surface area contributed by atoms with Crippen LogP contribution in [0, 0.1) is 34.5 Å². The largest absolute Gasteiger partial charge is 0.411 e. The Kier molecular flexibility index (Phi) is 3.22. The van der Waals surface area contributed by atoms with Crippen LogP contribution in [0.1, 0.15) is 71.6 Å². The molecular weight excluding hydrogens is 274 g/mol. The van der Waals surface area contributed by atoms with Crippen LogP contribution in [0.4, 0.5) is 0 Å². The van der Waals surface area contributed by atoms with Crippen molar-refractivity contribution in [3.63, 3.8) is 0 Å². The fourth-order valence-electron chi connectivity index (χ4n) is 7.03. The molecule has 0 spiro atoms. The maximum Gasteiger partial charge on any atom is 0.180 e. The van der Waals surface area contributed by atoms with Crippen molar-refractivity contribution in [3.05, 3.63) is 0 Å². The van der Waals surface area contributed by atoms with Crippen molar-refractivity contribution in [2.24, 2.45) is 39.7 Å². The Morgan fingerprint density at radius 3 is 2.68 bits per heavy atom. The topological polar surface area (TPSA) is 49.7 Å². The zero-order valence-corrected chi connectivity index (χ0v) is 14.0. The summed E-state index contributed by atoms with van der Waals surface area (Å²) in [5.41, 5.74) is 1.21. The van der Waals surface area contributed by atoms with Crippen LogP contribution in [0.15, 0.2) is 5.16 Å². The predicted octanol–water partition coefficient (Wildman–Crippen LogP) is 4.43. The van der Waals surface area contributed by atoms with Gasteiger partial charge >= 0.3 is 0 Å². The monoisotopic (exact) mass is 303 g/mol. The first kappa shape index (κ1) is 14.7. The number of rotatable bonds is 0. The SMILES string of the molecule is C[C@@]12CCC[C@H]1[C@@H]1CC[C@H]3CC(=O)/C(=N/O)C[C@]3(C)[C@H]1CC2. The van der Waals surface area contributed by atoms with E-state index >= 15 is 0 Å². The summed E-state index contributed by atoms with van der Waals surface area (Å²) in [7, 11) is 0. The molecule has 0 radical (unpaired) electrons. The Morgan fingerprint density at radius 1 is 1.09 bits per heavy atom. The number of carbonyl (C=O) groups excluding carboxylic acids is 1. The second kappa shape index (κ2) is 4.82. The van der Waals surface area contributed by atoms with E-state index in [0.29, 0.717) is 29.9 Å². The molecule has 0 aromatic heterocycles. The maximum absolute atomic E-state index is 12.1. The molecule has 4 aliphatic carbocycles. The number of ketones is 1. The van der Waals surface area contributed by atoms with Gasteiger partial charge in [0.1, 0.15) is 5.71 Å². The number of Topliss-reactive ketones (excluding diaryl/α,β-unsaturated/α-hetero) is 1. The molecule has 0 unspecified atom stereocenters. The third-order valence-electron chi connectivity index (χ3n) is 8.27. The van der Waals surface area contributed by atoms with Gasteiger partial charge in [0.05, 0.1) is 0 Å². The van der Waals surface area contributed by atoms with Gasteiger partial charge < -0.3 is 5.21 Å². The number of carbonyl (C=O) groups is 1. The number of hydrogen-bond acceptors (Lipinski definition) is 3. The molecule has 4 fully saturated rings. The minimum absolute atomic E-state index is 0.0879. The smallest absolute Gasteiger partial charge is 0.180 e. The van der Waals surface area contributed by atoms with Crippen LogP contribution in [-0.2, 0) is 4.79 Å². The highest BCUT2D eigenvalue weighted by molar-refractivity contribution is 6.40. The molecule has 4 rings (SSSR count). The first-order chi connectivity index (χ1) is 10.5. The van der Waals surface area contributed by atoms with Crippen molar-refractivity contribution < 1.29 is 10.0 Å². The summed E-state index contributed by atoms with van der Waals surface area (Å²) in [6.07, 6.45) is 10.8. The van der Waals surface area contributed by atoms with Gasteiger partial charge in [-0.2, -0.15) is 0 Å². The highest BCUT2D eigenvalue weighted by Crippen LogP contribution is 2.65. The Hall–Kier alpha value is -0.860. The molecule has 4 aliphatic rings. The fraction of sp³-hybridized carbons (Fsp3) is 0.895. The minimum Gasteiger partial charge on any atom is -0.411 e. The zero-order chi connectivity index (χ0) is 15.5. The molecule has 0 saturated heterocycles. The van der Waals surface area contributed by atoms with Crippen LogP contribution in [0.25, 0.3) is 0 Å². The van der Waals surface area contributed by atoms with E-state index in [1.807, 2.05) is 0 Å². The summed E-state index contributed by atoms with van der Waals surface area (Å²) in [5.74, 6) is 3.07. The van der Waals surface area contributed by atoms with E-state index in [-0.39, 0.29) is 11.2 Å². The molecule has 0 aromatic rings. The second-order valence-electron chi connectivity index (χ2n) is 9.09. The molecule has 22 heavy (non-hydrogen) atoms. The van der Waals surface area contributed by atoms with Gasteiger partial charge in [0.15, 0.2) is 5.78 Å². The average molecular weight is 303 g/mol. The van der Waals surface area contributed by atoms with E-state index < -0.39 is 0 Å². The van der Waals surface area contributed by atoms with Crippen molar-refractivity contribution in [1.82, 2.24) is 0 Å². The van der Waals surface area contributed by atoms with Crippen LogP contribution in [0.3, 0.4) is 0 Å². The molecule has 122 valence electrons. The lowest BCUT2D eigenvalue weighted by atomic mass is 9.45. The lowest BCUT2D eigenvalue weighted by Crippen LogP contribution is -2.54. The molecule has 0 aliphatic heterocycles. The van der Waals surface area contributed by atoms with Gasteiger partial charge in [0.2, 0.25) is 0 Å². The van der Waals surface area contributed by atoms with Crippen molar-refractivity contribution >= 4 is 11.5 Å². The normalized spacial score (nSPS) is 53.0. The van der Waals surface area contributed by atoms with E-state index in [0.717, 1.165) is 17.8 Å². The van der Waals surface area contributed by atoms with E-state index in [1.54, 1.807) is 0 Å². The average Bonchev–Trinajstić information content (AvgIpc) is 2.89. The fourth-order valence-corrected chi connectivity index (χ4v) is 7.03. The molecule has 0 aromatic carbocycles. The van der Waals surface area contributed by atoms with Crippen LogP contribution < -0.4 is 0 Å². The summed E-state index contributed by atoms with van der Waals surface area (Å²) >= 11 is 0. The molecule has 0 heterocycles. The van der Waals surface area contributed by atoms with Gasteiger partial charge in [-0.25, -0.2) is 0 Å². The van der Waals surface area contributed by atoms with Crippen molar-refractivity contribution in [3.8, 4) is 0 Å². The first-order valence-corrected chi connectivity index (χ1v) is 9.22. The molecule has 3 heteroatoms. The standard InChI is InChI=1S/C19H29NO2/c1-18-8-3-4-14(18)13-6-5-12-10-17(21)16(20-22)11-19(12,2)15(13)7-9-18/h12-15,22H,3-11H2,1-2H3/b20-16+/t12-,13-,14-,15-,18-,19-/m0/s1. The first-order valence-electron chi connectivity index (χ1n) is 9.22. The third kappa shape index (κ3) is 1.86. The van der Waals surface area contributed by atoms with Gasteiger partial charge in [0.25, 0.3) is 0 Å². The Morgan fingerprint density at radius 2 is 1.91 bits per heavy atom. The van der Waals surface area contributed by atoms with E-state index in [4.69, 9.17) is 0 Å². The van der Waals surface area contributed by atoms with Gasteiger partial charge in [-0.1, -0.05) is 25.4 Å². The number of fused-ring (bicyclic) bond motifs is 5. The molecule has 0 bridgehead atoms. The molecule has 1 N–H and O–H groups in total. The molecule has 3 nitrogen and oxygen atoms in total. The lowest BCUT2D eigenvalue weighted by Gasteiger charge is -2.59. The summed E-state index contributed by atoms with van der Waals surface area (Å²) in [6.45, 7) is 4.92. The molecular formula is C19H29NO2. The summed E-state index contributed by atoms with van der Waals surface area (Å²) in [5, 5.41) is 12.6. The van der Waals surface area contributed by atoms with Gasteiger partial charge in [-0.15, -0.1) is 0 Å². The summed E-state index contributed by atoms with van der Waals surface area (Å²) < 4.78 is 0. The third-order valence-corrected chi connectivity index (χ3v) is 8.27. The van der Waals surface area contributed by atoms with E-state index in [2.05, 4.69) is 19.0 Å². The predicted molar refractivity (Wildman–Crippen MR) is 86.0 cm³/mol. The maximum atomic E-state index is 12.1. The van der Waals surface area contributed by atoms with Crippen LogP contribution >= 0.6 is 0 Å². The highest BCUT2D eigenvalue weighted by Gasteiger charge is 2.58. The molecule has 4 saturated carbocycles. The quantitative estimate of drug-likeness (QED) is 0.531. The van der Waals surface area contributed by atoms with Crippen LogP contribution in [-0.4, -0.2) is 16.7 Å².